The normalized spacial score (nSPS) is 16.2. The minimum Gasteiger partial charge on any atom is -0.459 e. The third-order valence-electron chi connectivity index (χ3n) is 22.6. The van der Waals surface area contributed by atoms with Crippen LogP contribution in [0.5, 0.6) is 0 Å². The summed E-state index contributed by atoms with van der Waals surface area (Å²) in [5.74, 6) is 1.73. The second-order valence-electron chi connectivity index (χ2n) is 30.3. The van der Waals surface area contributed by atoms with Crippen molar-refractivity contribution in [3.8, 4) is 0 Å². The summed E-state index contributed by atoms with van der Waals surface area (Å²) in [5.41, 5.74) is -1.69. The molecule has 570 valence electrons. The number of rotatable bonds is 39. The molecule has 0 saturated heterocycles. The maximum Gasteiger partial charge on any atom is 0.309 e. The average Bonchev–Trinajstić information content (AvgIpc) is 0.817. The van der Waals surface area contributed by atoms with Crippen molar-refractivity contribution in [2.24, 2.45) is 70.5 Å². The number of hydrogen-bond acceptors (Lipinski definition) is 12. The molecule has 0 amide bonds. The van der Waals surface area contributed by atoms with Crippen molar-refractivity contribution in [1.82, 2.24) is 0 Å². The third kappa shape index (κ3) is 35.6. The van der Waals surface area contributed by atoms with E-state index in [0.29, 0.717) is 29.6 Å². The first-order valence-corrected chi connectivity index (χ1v) is 39.3. The van der Waals surface area contributed by atoms with E-state index in [-0.39, 0.29) is 110 Å². The molecule has 12 heteroatoms. The fourth-order valence-corrected chi connectivity index (χ4v) is 11.7. The van der Waals surface area contributed by atoms with Crippen molar-refractivity contribution >= 4 is 35.8 Å². The van der Waals surface area contributed by atoms with E-state index < -0.39 is 0 Å². The van der Waals surface area contributed by atoms with Crippen molar-refractivity contribution in [2.45, 2.75) is 431 Å². The van der Waals surface area contributed by atoms with Gasteiger partial charge in [-0.25, -0.2) is 0 Å². The Labute approximate surface area is 591 Å². The fourth-order valence-electron chi connectivity index (χ4n) is 11.7. The van der Waals surface area contributed by atoms with Gasteiger partial charge in [0.25, 0.3) is 0 Å². The van der Waals surface area contributed by atoms with Crippen LogP contribution in [-0.2, 0) is 57.2 Å². The van der Waals surface area contributed by atoms with Gasteiger partial charge in [-0.1, -0.05) is 262 Å². The molecular weight excluding hydrogens is 1190 g/mol. The van der Waals surface area contributed by atoms with Crippen LogP contribution in [0, 0.1) is 70.5 Å². The van der Waals surface area contributed by atoms with Gasteiger partial charge in [-0.2, -0.15) is 0 Å². The van der Waals surface area contributed by atoms with Gasteiger partial charge >= 0.3 is 35.8 Å². The Morgan fingerprint density at radius 1 is 0.274 bits per heavy atom. The van der Waals surface area contributed by atoms with Crippen LogP contribution in [0.15, 0.2) is 0 Å². The van der Waals surface area contributed by atoms with Gasteiger partial charge in [0.15, 0.2) is 0 Å². The zero-order valence-electron chi connectivity index (χ0n) is 70.3. The molecule has 0 spiro atoms. The fraction of sp³-hybridized carbons (Fsp3) is 0.928. The van der Waals surface area contributed by atoms with Crippen LogP contribution in [0.1, 0.15) is 397 Å². The lowest BCUT2D eigenvalue weighted by Crippen LogP contribution is -2.51. The SMILES string of the molecule is CCC(C)C(=O)OC(C)(CC)C(C)CC.CCC(C)C(=O)OC(CC)(C(C)C)C(C)(C)C.CCC(C)C(=O)OC(CC)(CC)C(C)C.CCC(C)C(=O)OC(CC)(CC)C(C)CC.CCCC(CC)(OC(=O)C(C)CC)C(C)C.CCCCC(CC)(CC)OC(=O)C(C)CC. The predicted octanol–water partition coefficient (Wildman–Crippen LogP) is 24.7. The second-order valence-corrected chi connectivity index (χ2v) is 30.3. The molecule has 11 unspecified atom stereocenters. The second kappa shape index (κ2) is 52.8. The zero-order chi connectivity index (χ0) is 76.1. The third-order valence-corrected chi connectivity index (χ3v) is 22.6. The number of ether oxygens (including phenoxy) is 6. The highest BCUT2D eigenvalue weighted by atomic mass is 16.6. The zero-order valence-corrected chi connectivity index (χ0v) is 70.3. The number of carbonyl (C=O) groups is 6. The van der Waals surface area contributed by atoms with Crippen molar-refractivity contribution in [3.05, 3.63) is 0 Å². The lowest BCUT2D eigenvalue weighted by molar-refractivity contribution is -0.188. The summed E-state index contributed by atoms with van der Waals surface area (Å²) in [6.45, 7) is 76.9. The largest absolute Gasteiger partial charge is 0.459 e. The summed E-state index contributed by atoms with van der Waals surface area (Å²) in [5, 5.41) is 0. The van der Waals surface area contributed by atoms with Gasteiger partial charge in [-0.3, -0.25) is 28.8 Å². The van der Waals surface area contributed by atoms with E-state index in [1.807, 2.05) is 90.0 Å². The van der Waals surface area contributed by atoms with Gasteiger partial charge in [0.2, 0.25) is 0 Å². The van der Waals surface area contributed by atoms with Gasteiger partial charge in [0.05, 0.1) is 35.5 Å². The number of unbranched alkanes of at least 4 members (excludes halogenated alkanes) is 1. The Balaban J connectivity index is -0.000000250. The average molecular weight is 1360 g/mol. The van der Waals surface area contributed by atoms with Crippen LogP contribution in [-0.4, -0.2) is 69.4 Å². The summed E-state index contributed by atoms with van der Waals surface area (Å²) in [4.78, 5) is 71.3. The summed E-state index contributed by atoms with van der Waals surface area (Å²) in [6.07, 6.45) is 20.6. The quantitative estimate of drug-likeness (QED) is 0.0424. The summed E-state index contributed by atoms with van der Waals surface area (Å²) >= 11 is 0. The monoisotopic (exact) mass is 1360 g/mol. The van der Waals surface area contributed by atoms with Gasteiger partial charge in [-0.05, 0) is 165 Å². The smallest absolute Gasteiger partial charge is 0.309 e. The first-order chi connectivity index (χ1) is 43.9. The molecule has 0 N–H and O–H groups in total. The molecule has 0 heterocycles. The van der Waals surface area contributed by atoms with E-state index >= 15 is 0 Å². The molecule has 0 aliphatic rings. The van der Waals surface area contributed by atoms with Crippen LogP contribution in [0.3, 0.4) is 0 Å². The molecule has 0 bridgehead atoms. The van der Waals surface area contributed by atoms with Crippen LogP contribution >= 0.6 is 0 Å². The molecular formula is C83H166O12. The molecule has 95 heavy (non-hydrogen) atoms. The van der Waals surface area contributed by atoms with Gasteiger partial charge in [0, 0.05) is 5.41 Å². The van der Waals surface area contributed by atoms with E-state index in [2.05, 4.69) is 166 Å². The Kier molecular flexibility index (Phi) is 57.1. The predicted molar refractivity (Wildman–Crippen MR) is 405 cm³/mol. The van der Waals surface area contributed by atoms with Crippen LogP contribution in [0.2, 0.25) is 0 Å². The molecule has 0 aliphatic heterocycles. The van der Waals surface area contributed by atoms with Crippen LogP contribution in [0.4, 0.5) is 0 Å². The summed E-state index contributed by atoms with van der Waals surface area (Å²) in [7, 11) is 0. The number of hydrogen-bond donors (Lipinski definition) is 0. The van der Waals surface area contributed by atoms with Crippen LogP contribution in [0.25, 0.3) is 0 Å². The van der Waals surface area contributed by atoms with Gasteiger partial charge in [0.1, 0.15) is 33.6 Å². The minimum atomic E-state index is -0.368. The number of esters is 6. The topological polar surface area (TPSA) is 158 Å². The van der Waals surface area contributed by atoms with E-state index in [4.69, 9.17) is 28.4 Å². The highest BCUT2D eigenvalue weighted by Crippen LogP contribution is 2.43. The summed E-state index contributed by atoms with van der Waals surface area (Å²) < 4.78 is 34.7. The van der Waals surface area contributed by atoms with E-state index in [9.17, 15) is 28.8 Å². The van der Waals surface area contributed by atoms with Crippen molar-refractivity contribution in [1.29, 1.82) is 0 Å². The van der Waals surface area contributed by atoms with Crippen molar-refractivity contribution < 1.29 is 57.2 Å². The molecule has 12 nitrogen and oxygen atoms in total. The lowest BCUT2D eigenvalue weighted by atomic mass is 9.68. The van der Waals surface area contributed by atoms with E-state index in [1.54, 1.807) is 0 Å². The standard InChI is InChI=1S/C15H30O2.3C14H28O2.2C13H26O2/c1-9-12(5)13(16)17-15(10-2,11(3)4)14(6,7)8;1-7-10-14(9-3,11(4)5)16-13(15)12(6)8-2;1-7-11(5)13(15)16-14(9-3,10-4)12(6)8-2;1-6-10-11-14(8-3,9-4)16-13(15)12(5)7-2;1-7-10(4)12(14)15-13(6,9-3)11(5)8-2;1-7-11(6)12(14)15-13(8-2,9-3)10(4)5/h11-12H,9-10H2,1-8H3;2*11-12H,7-10H2,1-6H3;12H,6-11H2,1-5H3;2*10-11H,7-9H2,1-6H3. The highest BCUT2D eigenvalue weighted by molar-refractivity contribution is 5.74. The minimum absolute atomic E-state index is 0.0120. The molecule has 0 fully saturated rings. The molecule has 0 saturated carbocycles. The highest BCUT2D eigenvalue weighted by Gasteiger charge is 2.47. The molecule has 11 atom stereocenters. The van der Waals surface area contributed by atoms with Crippen LogP contribution < -0.4 is 0 Å². The van der Waals surface area contributed by atoms with Crippen molar-refractivity contribution in [3.63, 3.8) is 0 Å². The molecule has 0 aromatic heterocycles. The molecule has 0 aromatic carbocycles. The first-order valence-electron chi connectivity index (χ1n) is 39.3. The maximum absolute atomic E-state index is 12.1. The van der Waals surface area contributed by atoms with E-state index in [1.165, 1.54) is 0 Å². The van der Waals surface area contributed by atoms with Crippen molar-refractivity contribution in [2.75, 3.05) is 0 Å². The Morgan fingerprint density at radius 2 is 0.568 bits per heavy atom. The maximum atomic E-state index is 12.1. The van der Waals surface area contributed by atoms with Gasteiger partial charge < -0.3 is 28.4 Å². The van der Waals surface area contributed by atoms with E-state index in [0.717, 1.165) is 141 Å². The molecule has 0 rings (SSSR count). The Bertz CT molecular complexity index is 1950. The summed E-state index contributed by atoms with van der Waals surface area (Å²) in [6, 6.07) is 0. The Hall–Kier alpha value is -3.18. The lowest BCUT2D eigenvalue weighted by Gasteiger charge is -2.47. The number of carbonyl (C=O) groups excluding carboxylic acids is 6. The van der Waals surface area contributed by atoms with Gasteiger partial charge in [-0.15, -0.1) is 0 Å². The molecule has 0 aromatic rings. The molecule has 0 radical (unpaired) electrons. The molecule has 0 aliphatic carbocycles. The Morgan fingerprint density at radius 3 is 0.800 bits per heavy atom. The first kappa shape index (κ1) is 103.